The summed E-state index contributed by atoms with van der Waals surface area (Å²) in [6.07, 6.45) is 6.20. The van der Waals surface area contributed by atoms with Crippen molar-refractivity contribution in [2.45, 2.75) is 91.6 Å². The molecule has 1 aliphatic carbocycles. The number of rotatable bonds is 7. The molecule has 2 heterocycles. The van der Waals surface area contributed by atoms with Crippen molar-refractivity contribution in [3.05, 3.63) is 39.8 Å². The fourth-order valence-electron chi connectivity index (χ4n) is 6.63. The summed E-state index contributed by atoms with van der Waals surface area (Å²) in [5, 5.41) is 24.8. The van der Waals surface area contributed by atoms with E-state index in [1.54, 1.807) is 13.8 Å². The van der Waals surface area contributed by atoms with Crippen molar-refractivity contribution < 1.29 is 34.1 Å². The Morgan fingerprint density at radius 3 is 2.39 bits per heavy atom. The maximum absolute atomic E-state index is 14.0. The zero-order valence-electron chi connectivity index (χ0n) is 23.5. The molecule has 0 bridgehead atoms. The van der Waals surface area contributed by atoms with Gasteiger partial charge in [-0.1, -0.05) is 13.3 Å². The van der Waals surface area contributed by atoms with E-state index in [0.717, 1.165) is 38.7 Å². The maximum Gasteiger partial charge on any atom is 0.194 e. The molecule has 8 heteroatoms. The van der Waals surface area contributed by atoms with Gasteiger partial charge < -0.3 is 25.0 Å². The molecule has 1 aromatic carbocycles. The zero-order chi connectivity index (χ0) is 28.2. The van der Waals surface area contributed by atoms with Gasteiger partial charge in [-0.25, -0.2) is 0 Å². The SMILES string of the molecule is CCC[C@]1(CCN/C(C)=C2\C(=O)C=C3Oc4c(C(C)=O)c(O)c(C)c(O)c4[C@@]3(C)C2=O)CCOC(C)(C)C1. The molecule has 38 heavy (non-hydrogen) atoms. The normalized spacial score (nSPS) is 27.3. The van der Waals surface area contributed by atoms with Crippen molar-refractivity contribution in [1.82, 2.24) is 5.32 Å². The molecule has 0 spiro atoms. The van der Waals surface area contributed by atoms with E-state index >= 15 is 0 Å². The molecule has 1 saturated heterocycles. The highest BCUT2D eigenvalue weighted by atomic mass is 16.5. The number of ketones is 3. The molecule has 8 nitrogen and oxygen atoms in total. The summed E-state index contributed by atoms with van der Waals surface area (Å²) in [6.45, 7) is 13.8. The number of carbonyl (C=O) groups is 3. The highest BCUT2D eigenvalue weighted by Gasteiger charge is 2.56. The number of Topliss-reactive ketones (excluding diaryl/α,β-unsaturated/α-hetero) is 2. The minimum atomic E-state index is -1.51. The Morgan fingerprint density at radius 2 is 1.79 bits per heavy atom. The number of benzene rings is 1. The summed E-state index contributed by atoms with van der Waals surface area (Å²) in [5.74, 6) is -2.27. The second-order valence-corrected chi connectivity index (χ2v) is 11.8. The quantitative estimate of drug-likeness (QED) is 0.260. The topological polar surface area (TPSA) is 122 Å². The van der Waals surface area contributed by atoms with Gasteiger partial charge in [0.15, 0.2) is 17.3 Å². The molecule has 0 radical (unpaired) electrons. The lowest BCUT2D eigenvalue weighted by Gasteiger charge is -2.45. The smallest absolute Gasteiger partial charge is 0.194 e. The molecule has 1 fully saturated rings. The van der Waals surface area contributed by atoms with Crippen LogP contribution in [0.4, 0.5) is 0 Å². The third-order valence-electron chi connectivity index (χ3n) is 8.51. The maximum atomic E-state index is 14.0. The molecule has 0 amide bonds. The number of allylic oxidation sites excluding steroid dienone is 4. The number of phenolic OH excluding ortho intramolecular Hbond substituents is 2. The predicted octanol–water partition coefficient (Wildman–Crippen LogP) is 4.92. The van der Waals surface area contributed by atoms with Gasteiger partial charge >= 0.3 is 0 Å². The van der Waals surface area contributed by atoms with Crippen LogP contribution < -0.4 is 10.1 Å². The van der Waals surface area contributed by atoms with E-state index in [4.69, 9.17) is 9.47 Å². The first-order chi connectivity index (χ1) is 17.7. The van der Waals surface area contributed by atoms with E-state index in [9.17, 15) is 24.6 Å². The van der Waals surface area contributed by atoms with E-state index in [0.29, 0.717) is 12.2 Å². The average molecular weight is 526 g/mol. The fourth-order valence-corrected chi connectivity index (χ4v) is 6.63. The summed E-state index contributed by atoms with van der Waals surface area (Å²) in [4.78, 5) is 39.5. The molecule has 1 aromatic rings. The van der Waals surface area contributed by atoms with Crippen molar-refractivity contribution >= 4 is 17.3 Å². The van der Waals surface area contributed by atoms with E-state index in [1.807, 2.05) is 0 Å². The van der Waals surface area contributed by atoms with E-state index < -0.39 is 28.5 Å². The Labute approximate surface area is 224 Å². The van der Waals surface area contributed by atoms with Crippen molar-refractivity contribution in [2.24, 2.45) is 5.41 Å². The van der Waals surface area contributed by atoms with E-state index in [1.165, 1.54) is 19.9 Å². The number of phenols is 2. The number of fused-ring (bicyclic) bond motifs is 3. The van der Waals surface area contributed by atoms with Crippen molar-refractivity contribution in [3.63, 3.8) is 0 Å². The Balaban J connectivity index is 1.67. The summed E-state index contributed by atoms with van der Waals surface area (Å²) in [6, 6.07) is 0. The van der Waals surface area contributed by atoms with Crippen molar-refractivity contribution in [3.8, 4) is 17.2 Å². The molecule has 0 aromatic heterocycles. The van der Waals surface area contributed by atoms with Crippen LogP contribution in [0.5, 0.6) is 17.2 Å². The molecule has 0 saturated carbocycles. The van der Waals surface area contributed by atoms with Crippen LogP contribution in [0.2, 0.25) is 0 Å². The first-order valence-electron chi connectivity index (χ1n) is 13.4. The fraction of sp³-hybridized carbons (Fsp3) is 0.567. The largest absolute Gasteiger partial charge is 0.507 e. The van der Waals surface area contributed by atoms with Crippen LogP contribution >= 0.6 is 0 Å². The number of hydrogen-bond acceptors (Lipinski definition) is 8. The third-order valence-corrected chi connectivity index (χ3v) is 8.51. The standard InChI is InChI=1S/C30H39NO7/c1-8-9-30(11-13-37-28(5,6)15-30)10-12-31-17(3)21-19(33)14-20-29(7,27(21)36)23-25(35)16(2)24(34)22(18(4)32)26(23)38-20/h14,31,34-35H,8-13,15H2,1-7H3/b21-17+/t29-,30-/m0/s1. The van der Waals surface area contributed by atoms with Gasteiger partial charge in [0.25, 0.3) is 0 Å². The highest BCUT2D eigenvalue weighted by Crippen LogP contribution is 2.57. The lowest BCUT2D eigenvalue weighted by Crippen LogP contribution is -2.43. The van der Waals surface area contributed by atoms with Crippen LogP contribution in [-0.2, 0) is 19.7 Å². The minimum Gasteiger partial charge on any atom is -0.507 e. The Kier molecular flexibility index (Phi) is 7.02. The minimum absolute atomic E-state index is 0.000878. The average Bonchev–Trinajstić information content (AvgIpc) is 3.10. The second kappa shape index (κ2) is 9.56. The molecule has 3 N–H and O–H groups in total. The molecule has 206 valence electrons. The van der Waals surface area contributed by atoms with Gasteiger partial charge in [0.05, 0.1) is 16.7 Å². The second-order valence-electron chi connectivity index (χ2n) is 11.8. The van der Waals surface area contributed by atoms with Gasteiger partial charge in [-0.05, 0) is 72.6 Å². The van der Waals surface area contributed by atoms with Gasteiger partial charge in [-0.2, -0.15) is 0 Å². The van der Waals surface area contributed by atoms with Crippen LogP contribution in [-0.4, -0.2) is 46.3 Å². The molecular weight excluding hydrogens is 486 g/mol. The number of ether oxygens (including phenoxy) is 2. The van der Waals surface area contributed by atoms with Gasteiger partial charge in [0, 0.05) is 30.5 Å². The summed E-state index contributed by atoms with van der Waals surface area (Å²) >= 11 is 0. The Hall–Kier alpha value is -3.13. The summed E-state index contributed by atoms with van der Waals surface area (Å²) < 4.78 is 11.8. The monoisotopic (exact) mass is 525 g/mol. The first kappa shape index (κ1) is 27.9. The van der Waals surface area contributed by atoms with Crippen LogP contribution in [0.15, 0.2) is 23.1 Å². The van der Waals surface area contributed by atoms with Crippen LogP contribution in [0.1, 0.15) is 95.1 Å². The molecular formula is C30H39NO7. The van der Waals surface area contributed by atoms with Crippen molar-refractivity contribution in [1.29, 1.82) is 0 Å². The Morgan fingerprint density at radius 1 is 1.11 bits per heavy atom. The third kappa shape index (κ3) is 4.32. The molecule has 3 aliphatic rings. The summed E-state index contributed by atoms with van der Waals surface area (Å²) in [5.41, 5.74) is -1.06. The summed E-state index contributed by atoms with van der Waals surface area (Å²) in [7, 11) is 0. The number of hydrogen-bond donors (Lipinski definition) is 3. The zero-order valence-corrected chi connectivity index (χ0v) is 23.5. The molecule has 2 atom stereocenters. The van der Waals surface area contributed by atoms with Crippen LogP contribution in [0, 0.1) is 12.3 Å². The number of nitrogens with one attached hydrogen (secondary N) is 1. The van der Waals surface area contributed by atoms with E-state index in [-0.39, 0.29) is 50.5 Å². The van der Waals surface area contributed by atoms with Crippen LogP contribution in [0.3, 0.4) is 0 Å². The van der Waals surface area contributed by atoms with Crippen molar-refractivity contribution in [2.75, 3.05) is 13.2 Å². The van der Waals surface area contributed by atoms with Gasteiger partial charge in [-0.3, -0.25) is 14.4 Å². The first-order valence-corrected chi connectivity index (χ1v) is 13.4. The Bertz CT molecular complexity index is 1280. The van der Waals surface area contributed by atoms with Gasteiger partial charge in [0.1, 0.15) is 34.0 Å². The van der Waals surface area contributed by atoms with E-state index in [2.05, 4.69) is 26.1 Å². The highest BCUT2D eigenvalue weighted by molar-refractivity contribution is 6.31. The number of aromatic hydroxyl groups is 2. The van der Waals surface area contributed by atoms with Crippen LogP contribution in [0.25, 0.3) is 0 Å². The number of carbonyl (C=O) groups excluding carboxylic acids is 3. The molecule has 4 rings (SSSR count). The molecule has 0 unspecified atom stereocenters. The predicted molar refractivity (Wildman–Crippen MR) is 143 cm³/mol. The lowest BCUT2D eigenvalue weighted by molar-refractivity contribution is -0.123. The van der Waals surface area contributed by atoms with Gasteiger partial charge in [0.2, 0.25) is 0 Å². The molecule has 2 aliphatic heterocycles. The van der Waals surface area contributed by atoms with Gasteiger partial charge in [-0.15, -0.1) is 0 Å². The lowest BCUT2D eigenvalue weighted by atomic mass is 9.69.